The summed E-state index contributed by atoms with van der Waals surface area (Å²) in [4.78, 5) is 0. The number of rotatable bonds is 8. The van der Waals surface area contributed by atoms with E-state index in [2.05, 4.69) is 9.47 Å². The second-order valence-corrected chi connectivity index (χ2v) is 7.50. The van der Waals surface area contributed by atoms with Crippen molar-refractivity contribution in [1.82, 2.24) is 0 Å². The number of benzene rings is 3. The lowest BCUT2D eigenvalue weighted by atomic mass is 10.0. The molecule has 0 spiro atoms. The van der Waals surface area contributed by atoms with Crippen molar-refractivity contribution in [2.45, 2.75) is 38.7 Å². The fourth-order valence-corrected chi connectivity index (χ4v) is 3.28. The minimum absolute atomic E-state index is 0.0228. The summed E-state index contributed by atoms with van der Waals surface area (Å²) in [7, 11) is 0. The van der Waals surface area contributed by atoms with E-state index >= 15 is 0 Å². The minimum atomic E-state index is -5.32. The van der Waals surface area contributed by atoms with Crippen LogP contribution in [0.1, 0.15) is 30.9 Å². The zero-order valence-electron chi connectivity index (χ0n) is 18.0. The molecule has 0 unspecified atom stereocenters. The van der Waals surface area contributed by atoms with E-state index in [1.807, 2.05) is 6.92 Å². The van der Waals surface area contributed by atoms with E-state index in [9.17, 15) is 39.5 Å². The summed E-state index contributed by atoms with van der Waals surface area (Å²) in [5, 5.41) is 0. The maximum Gasteiger partial charge on any atom is 0.573 e. The summed E-state index contributed by atoms with van der Waals surface area (Å²) in [6, 6.07) is 6.75. The Labute approximate surface area is 193 Å². The molecule has 0 aliphatic carbocycles. The first kappa shape index (κ1) is 26.2. The minimum Gasteiger partial charge on any atom is -0.429 e. The highest BCUT2D eigenvalue weighted by atomic mass is 19.4. The average Bonchev–Trinajstić information content (AvgIpc) is 2.73. The predicted molar refractivity (Wildman–Crippen MR) is 108 cm³/mol. The Bertz CT molecular complexity index is 1140. The van der Waals surface area contributed by atoms with E-state index in [1.165, 1.54) is 0 Å². The molecule has 188 valence electrons. The van der Waals surface area contributed by atoms with Gasteiger partial charge < -0.3 is 9.47 Å². The second kappa shape index (κ2) is 10.1. The summed E-state index contributed by atoms with van der Waals surface area (Å²) in [5.41, 5.74) is -1.56. The van der Waals surface area contributed by atoms with Gasteiger partial charge in [0.1, 0.15) is 22.9 Å². The molecule has 35 heavy (non-hydrogen) atoms. The van der Waals surface area contributed by atoms with Crippen LogP contribution < -0.4 is 9.47 Å². The quantitative estimate of drug-likeness (QED) is 0.285. The summed E-state index contributed by atoms with van der Waals surface area (Å²) < 4.78 is 130. The highest BCUT2D eigenvalue weighted by Crippen LogP contribution is 2.37. The van der Waals surface area contributed by atoms with Crippen LogP contribution in [-0.2, 0) is 12.5 Å². The lowest BCUT2D eigenvalue weighted by molar-refractivity contribution is -0.276. The average molecular weight is 508 g/mol. The molecular weight excluding hydrogens is 491 g/mol. The van der Waals surface area contributed by atoms with Gasteiger partial charge in [-0.2, -0.15) is 8.78 Å². The fourth-order valence-electron chi connectivity index (χ4n) is 3.28. The van der Waals surface area contributed by atoms with E-state index in [1.54, 1.807) is 0 Å². The van der Waals surface area contributed by atoms with Crippen molar-refractivity contribution in [3.05, 3.63) is 82.9 Å². The van der Waals surface area contributed by atoms with Crippen molar-refractivity contribution in [1.29, 1.82) is 0 Å². The van der Waals surface area contributed by atoms with Crippen molar-refractivity contribution in [2.24, 2.45) is 0 Å². The van der Waals surface area contributed by atoms with Crippen molar-refractivity contribution in [3.63, 3.8) is 0 Å². The maximum atomic E-state index is 14.5. The first-order chi connectivity index (χ1) is 16.3. The second-order valence-electron chi connectivity index (χ2n) is 7.50. The normalized spacial score (nSPS) is 12.1. The van der Waals surface area contributed by atoms with Crippen LogP contribution in [-0.4, -0.2) is 6.36 Å². The molecule has 0 saturated heterocycles. The molecule has 0 bridgehead atoms. The molecule has 2 nitrogen and oxygen atoms in total. The third kappa shape index (κ3) is 6.40. The molecule has 11 heteroatoms. The van der Waals surface area contributed by atoms with Crippen LogP contribution in [0.15, 0.2) is 48.5 Å². The van der Waals surface area contributed by atoms with Crippen LogP contribution in [0.25, 0.3) is 11.1 Å². The molecule has 3 aromatic rings. The SMILES string of the molecule is CCCCc1cc(F)c(C(F)(F)Oc2ccc(-c3cc(F)c(OC(F)(F)F)c(F)c3)cc2)c(F)c1. The number of ether oxygens (including phenoxy) is 2. The van der Waals surface area contributed by atoms with Crippen molar-refractivity contribution in [2.75, 3.05) is 0 Å². The Morgan fingerprint density at radius 1 is 0.686 bits per heavy atom. The molecule has 0 N–H and O–H groups in total. The molecule has 0 atom stereocenters. The smallest absolute Gasteiger partial charge is 0.429 e. The van der Waals surface area contributed by atoms with Gasteiger partial charge in [0.05, 0.1) is 0 Å². The molecule has 0 aliphatic rings. The lowest BCUT2D eigenvalue weighted by Crippen LogP contribution is -2.25. The standard InChI is InChI=1S/C24H17F9O2/c1-2-3-4-13-9-17(25)21(18(26)10-13)23(29,30)34-16-7-5-14(6-8-16)15-11-19(27)22(20(28)12-15)35-24(31,32)33/h5-12H,2-4H2,1H3. The molecule has 0 amide bonds. The van der Waals surface area contributed by atoms with Crippen molar-refractivity contribution >= 4 is 0 Å². The van der Waals surface area contributed by atoms with Gasteiger partial charge in [-0.3, -0.25) is 0 Å². The molecule has 0 radical (unpaired) electrons. The number of hydrogen-bond acceptors (Lipinski definition) is 2. The van der Waals surface area contributed by atoms with Gasteiger partial charge in [0, 0.05) is 0 Å². The monoisotopic (exact) mass is 508 g/mol. The van der Waals surface area contributed by atoms with Gasteiger partial charge in [0.2, 0.25) is 5.75 Å². The topological polar surface area (TPSA) is 18.5 Å². The van der Waals surface area contributed by atoms with Gasteiger partial charge in [0.15, 0.2) is 11.6 Å². The number of hydrogen-bond donors (Lipinski definition) is 0. The summed E-state index contributed by atoms with van der Waals surface area (Å²) in [6.45, 7) is 1.86. The van der Waals surface area contributed by atoms with Crippen LogP contribution in [0.4, 0.5) is 39.5 Å². The third-order valence-electron chi connectivity index (χ3n) is 4.86. The summed E-state index contributed by atoms with van der Waals surface area (Å²) in [5.74, 6) is -8.43. The highest BCUT2D eigenvalue weighted by Gasteiger charge is 2.41. The van der Waals surface area contributed by atoms with Gasteiger partial charge in [0.25, 0.3) is 0 Å². The molecule has 0 fully saturated rings. The molecule has 3 aromatic carbocycles. The van der Waals surface area contributed by atoms with Crippen molar-refractivity contribution in [3.8, 4) is 22.6 Å². The number of aryl methyl sites for hydroxylation is 1. The van der Waals surface area contributed by atoms with Gasteiger partial charge in [-0.15, -0.1) is 13.2 Å². The van der Waals surface area contributed by atoms with E-state index in [-0.39, 0.29) is 16.7 Å². The Morgan fingerprint density at radius 3 is 1.71 bits per heavy atom. The number of unbranched alkanes of at least 4 members (excludes halogenated alkanes) is 1. The number of halogens is 9. The Balaban J connectivity index is 1.82. The van der Waals surface area contributed by atoms with Crippen LogP contribution in [0, 0.1) is 23.3 Å². The van der Waals surface area contributed by atoms with E-state index in [0.29, 0.717) is 25.0 Å². The third-order valence-corrected chi connectivity index (χ3v) is 4.86. The predicted octanol–water partition coefficient (Wildman–Crippen LogP) is 8.28. The van der Waals surface area contributed by atoms with Crippen LogP contribution in [0.3, 0.4) is 0 Å². The van der Waals surface area contributed by atoms with E-state index in [0.717, 1.165) is 42.8 Å². The zero-order chi connectivity index (χ0) is 26.0. The van der Waals surface area contributed by atoms with E-state index in [4.69, 9.17) is 0 Å². The first-order valence-corrected chi connectivity index (χ1v) is 10.2. The molecular formula is C24H17F9O2. The molecule has 0 heterocycles. The Kier molecular flexibility index (Phi) is 7.56. The van der Waals surface area contributed by atoms with Gasteiger partial charge in [-0.25, -0.2) is 17.6 Å². The van der Waals surface area contributed by atoms with Crippen LogP contribution in [0.5, 0.6) is 11.5 Å². The van der Waals surface area contributed by atoms with E-state index < -0.39 is 52.8 Å². The first-order valence-electron chi connectivity index (χ1n) is 10.2. The van der Waals surface area contributed by atoms with Crippen molar-refractivity contribution < 1.29 is 49.0 Å². The van der Waals surface area contributed by atoms with Gasteiger partial charge >= 0.3 is 12.5 Å². The largest absolute Gasteiger partial charge is 0.573 e. The highest BCUT2D eigenvalue weighted by molar-refractivity contribution is 5.65. The molecule has 3 rings (SSSR count). The van der Waals surface area contributed by atoms with Crippen LogP contribution >= 0.6 is 0 Å². The fraction of sp³-hybridized carbons (Fsp3) is 0.250. The Morgan fingerprint density at radius 2 is 1.23 bits per heavy atom. The molecule has 0 aliphatic heterocycles. The van der Waals surface area contributed by atoms with Gasteiger partial charge in [-0.05, 0) is 65.9 Å². The van der Waals surface area contributed by atoms with Crippen LogP contribution in [0.2, 0.25) is 0 Å². The molecule has 0 saturated carbocycles. The summed E-state index contributed by atoms with van der Waals surface area (Å²) >= 11 is 0. The van der Waals surface area contributed by atoms with Gasteiger partial charge in [-0.1, -0.05) is 25.5 Å². The lowest BCUT2D eigenvalue weighted by Gasteiger charge is -2.20. The number of alkyl halides is 5. The molecule has 0 aromatic heterocycles. The maximum absolute atomic E-state index is 14.5. The Hall–Kier alpha value is -3.37. The summed E-state index contributed by atoms with van der Waals surface area (Å²) in [6.07, 6.45) is -8.05. The zero-order valence-corrected chi connectivity index (χ0v) is 18.0.